The largest absolute Gasteiger partial charge is 0.328 e. The third-order valence-electron chi connectivity index (χ3n) is 5.82. The lowest BCUT2D eigenvalue weighted by Gasteiger charge is -2.43. The van der Waals surface area contributed by atoms with Gasteiger partial charge in [-0.2, -0.15) is 0 Å². The summed E-state index contributed by atoms with van der Waals surface area (Å²) >= 11 is 0. The molecule has 2 fully saturated rings. The number of piperidine rings is 1. The Labute approximate surface area is 149 Å². The van der Waals surface area contributed by atoms with Crippen molar-refractivity contribution in [2.24, 2.45) is 0 Å². The molecule has 2 aliphatic heterocycles. The summed E-state index contributed by atoms with van der Waals surface area (Å²) in [5, 5.41) is 0. The summed E-state index contributed by atoms with van der Waals surface area (Å²) in [6.45, 7) is 8.91. The molecule has 0 radical (unpaired) electrons. The molecule has 3 amide bonds. The third kappa shape index (κ3) is 3.03. The van der Waals surface area contributed by atoms with Crippen molar-refractivity contribution in [3.05, 3.63) is 30.1 Å². The van der Waals surface area contributed by atoms with Gasteiger partial charge in [-0.3, -0.25) is 14.7 Å². The van der Waals surface area contributed by atoms with Crippen LogP contribution in [0.3, 0.4) is 0 Å². The second-order valence-electron chi connectivity index (χ2n) is 7.06. The van der Waals surface area contributed by atoms with Crippen LogP contribution in [0.25, 0.3) is 0 Å². The van der Waals surface area contributed by atoms with E-state index < -0.39 is 5.54 Å². The van der Waals surface area contributed by atoms with Crippen LogP contribution >= 0.6 is 0 Å². The Morgan fingerprint density at radius 1 is 1.20 bits per heavy atom. The van der Waals surface area contributed by atoms with E-state index in [0.29, 0.717) is 25.4 Å². The van der Waals surface area contributed by atoms with Gasteiger partial charge in [0.15, 0.2) is 0 Å². The quantitative estimate of drug-likeness (QED) is 0.770. The number of imide groups is 1. The van der Waals surface area contributed by atoms with Crippen molar-refractivity contribution in [2.75, 3.05) is 19.6 Å². The number of likely N-dealkylation sites (N-methyl/N-ethyl adjacent to an activating group) is 1. The first-order chi connectivity index (χ1) is 12.0. The summed E-state index contributed by atoms with van der Waals surface area (Å²) in [4.78, 5) is 36.0. The molecule has 2 saturated heterocycles. The highest BCUT2D eigenvalue weighted by Crippen LogP contribution is 2.38. The van der Waals surface area contributed by atoms with Crippen LogP contribution in [-0.2, 0) is 11.3 Å². The molecule has 2 aliphatic rings. The molecule has 25 heavy (non-hydrogen) atoms. The van der Waals surface area contributed by atoms with Crippen LogP contribution in [0, 0.1) is 0 Å². The van der Waals surface area contributed by atoms with E-state index in [1.807, 2.05) is 25.1 Å². The van der Waals surface area contributed by atoms with Gasteiger partial charge < -0.3 is 9.80 Å². The van der Waals surface area contributed by atoms with Crippen molar-refractivity contribution in [2.45, 2.75) is 58.2 Å². The molecule has 3 heterocycles. The number of nitrogens with zero attached hydrogens (tertiary/aromatic N) is 4. The summed E-state index contributed by atoms with van der Waals surface area (Å²) in [6.07, 6.45) is 4.23. The molecular formula is C19H28N4O2. The average molecular weight is 344 g/mol. The summed E-state index contributed by atoms with van der Waals surface area (Å²) in [5.74, 6) is -0.0474. The number of urea groups is 1. The van der Waals surface area contributed by atoms with Crippen LogP contribution < -0.4 is 0 Å². The molecule has 1 aromatic rings. The molecule has 0 bridgehead atoms. The Morgan fingerprint density at radius 3 is 2.48 bits per heavy atom. The fourth-order valence-corrected chi connectivity index (χ4v) is 4.09. The van der Waals surface area contributed by atoms with Crippen LogP contribution in [0.1, 0.15) is 45.7 Å². The molecule has 1 aromatic heterocycles. The first kappa shape index (κ1) is 17.9. The average Bonchev–Trinajstić information content (AvgIpc) is 2.83. The minimum Gasteiger partial charge on any atom is -0.310 e. The van der Waals surface area contributed by atoms with Gasteiger partial charge in [0.2, 0.25) is 0 Å². The standard InChI is InChI=1S/C19H28N4O2/c1-4-15(3)21-12-9-19(10-13-21)17(24)22(18(25)23(19)5-2)14-16-8-6-7-11-20-16/h6-8,11,15H,4-5,9-10,12-14H2,1-3H3. The first-order valence-electron chi connectivity index (χ1n) is 9.31. The predicted octanol–water partition coefficient (Wildman–Crippen LogP) is 2.50. The number of hydrogen-bond donors (Lipinski definition) is 0. The van der Waals surface area contributed by atoms with Crippen LogP contribution in [0.15, 0.2) is 24.4 Å². The molecule has 1 unspecified atom stereocenters. The van der Waals surface area contributed by atoms with Gasteiger partial charge in [0, 0.05) is 31.9 Å². The normalized spacial score (nSPS) is 22.0. The van der Waals surface area contributed by atoms with E-state index in [4.69, 9.17) is 0 Å². The zero-order valence-corrected chi connectivity index (χ0v) is 15.4. The van der Waals surface area contributed by atoms with E-state index in [-0.39, 0.29) is 18.5 Å². The number of pyridine rings is 1. The minimum atomic E-state index is -0.662. The van der Waals surface area contributed by atoms with E-state index in [1.54, 1.807) is 11.1 Å². The lowest BCUT2D eigenvalue weighted by molar-refractivity contribution is -0.136. The Morgan fingerprint density at radius 2 is 1.92 bits per heavy atom. The number of likely N-dealkylation sites (tertiary alicyclic amines) is 1. The number of rotatable bonds is 5. The maximum Gasteiger partial charge on any atom is 0.328 e. The number of carbonyl (C=O) groups excluding carboxylic acids is 2. The van der Waals surface area contributed by atoms with Crippen molar-refractivity contribution in [1.82, 2.24) is 19.7 Å². The predicted molar refractivity (Wildman–Crippen MR) is 95.9 cm³/mol. The number of carbonyl (C=O) groups is 2. The van der Waals surface area contributed by atoms with E-state index in [9.17, 15) is 9.59 Å². The van der Waals surface area contributed by atoms with Gasteiger partial charge in [-0.05, 0) is 45.2 Å². The van der Waals surface area contributed by atoms with Crippen LogP contribution in [0.4, 0.5) is 4.79 Å². The summed E-state index contributed by atoms with van der Waals surface area (Å²) in [7, 11) is 0. The summed E-state index contributed by atoms with van der Waals surface area (Å²) in [5.41, 5.74) is 0.0826. The zero-order valence-electron chi connectivity index (χ0n) is 15.4. The van der Waals surface area contributed by atoms with Crippen molar-refractivity contribution in [3.8, 4) is 0 Å². The molecule has 0 N–H and O–H groups in total. The maximum atomic E-state index is 13.2. The Balaban J connectivity index is 1.80. The van der Waals surface area contributed by atoms with E-state index >= 15 is 0 Å². The molecule has 3 rings (SSSR count). The highest BCUT2D eigenvalue weighted by Gasteiger charge is 2.57. The monoisotopic (exact) mass is 344 g/mol. The van der Waals surface area contributed by atoms with E-state index in [2.05, 4.69) is 23.7 Å². The van der Waals surface area contributed by atoms with Crippen molar-refractivity contribution < 1.29 is 9.59 Å². The Kier molecular flexibility index (Phi) is 5.08. The van der Waals surface area contributed by atoms with Crippen LogP contribution in [0.2, 0.25) is 0 Å². The molecule has 1 atom stereocenters. The lowest BCUT2D eigenvalue weighted by Crippen LogP contribution is -2.57. The van der Waals surface area contributed by atoms with E-state index in [0.717, 1.165) is 25.2 Å². The Hall–Kier alpha value is -1.95. The highest BCUT2D eigenvalue weighted by molar-refractivity contribution is 6.07. The molecule has 0 aliphatic carbocycles. The number of hydrogen-bond acceptors (Lipinski definition) is 4. The van der Waals surface area contributed by atoms with Gasteiger partial charge in [0.1, 0.15) is 5.54 Å². The second kappa shape index (κ2) is 7.12. The fourth-order valence-electron chi connectivity index (χ4n) is 4.09. The molecule has 6 heteroatoms. The van der Waals surface area contributed by atoms with Crippen molar-refractivity contribution in [1.29, 1.82) is 0 Å². The van der Waals surface area contributed by atoms with Crippen LogP contribution in [0.5, 0.6) is 0 Å². The Bertz CT molecular complexity index is 626. The smallest absolute Gasteiger partial charge is 0.310 e. The van der Waals surface area contributed by atoms with Gasteiger partial charge in [0.25, 0.3) is 5.91 Å². The SMILES string of the molecule is CCC(C)N1CCC2(CC1)C(=O)N(Cc1ccccn1)C(=O)N2CC. The van der Waals surface area contributed by atoms with E-state index in [1.165, 1.54) is 4.90 Å². The molecule has 0 aromatic carbocycles. The number of aromatic nitrogens is 1. The molecule has 6 nitrogen and oxygen atoms in total. The maximum absolute atomic E-state index is 13.2. The molecule has 0 saturated carbocycles. The highest BCUT2D eigenvalue weighted by atomic mass is 16.2. The zero-order chi connectivity index (χ0) is 18.0. The third-order valence-corrected chi connectivity index (χ3v) is 5.82. The van der Waals surface area contributed by atoms with Gasteiger partial charge in [-0.15, -0.1) is 0 Å². The van der Waals surface area contributed by atoms with Crippen LogP contribution in [-0.4, -0.2) is 62.8 Å². The molecule has 1 spiro atoms. The topological polar surface area (TPSA) is 56.8 Å². The van der Waals surface area contributed by atoms with Gasteiger partial charge in [-0.1, -0.05) is 13.0 Å². The molecular weight excluding hydrogens is 316 g/mol. The first-order valence-corrected chi connectivity index (χ1v) is 9.31. The molecule has 136 valence electrons. The van der Waals surface area contributed by atoms with Gasteiger partial charge in [0.05, 0.1) is 12.2 Å². The lowest BCUT2D eigenvalue weighted by atomic mass is 9.85. The summed E-state index contributed by atoms with van der Waals surface area (Å²) < 4.78 is 0. The van der Waals surface area contributed by atoms with Gasteiger partial charge in [-0.25, -0.2) is 4.79 Å². The minimum absolute atomic E-state index is 0.0474. The number of amides is 3. The summed E-state index contributed by atoms with van der Waals surface area (Å²) in [6, 6.07) is 5.92. The van der Waals surface area contributed by atoms with Crippen molar-refractivity contribution in [3.63, 3.8) is 0 Å². The van der Waals surface area contributed by atoms with Crippen molar-refractivity contribution >= 4 is 11.9 Å². The van der Waals surface area contributed by atoms with Gasteiger partial charge >= 0.3 is 6.03 Å². The second-order valence-corrected chi connectivity index (χ2v) is 7.06. The fraction of sp³-hybridized carbons (Fsp3) is 0.632.